The average Bonchev–Trinajstić information content (AvgIpc) is 2.95. The number of ether oxygens (including phenoxy) is 3. The maximum atomic E-state index is 12.2. The first-order valence-corrected chi connectivity index (χ1v) is 10.8. The average molecular weight is 464 g/mol. The van der Waals surface area contributed by atoms with Crippen molar-refractivity contribution in [3.8, 4) is 17.2 Å². The highest BCUT2D eigenvalue weighted by Gasteiger charge is 2.28. The molecule has 2 aromatic rings. The van der Waals surface area contributed by atoms with Gasteiger partial charge < -0.3 is 14.2 Å². The molecule has 0 aromatic heterocycles. The smallest absolute Gasteiger partial charge is 0.265 e. The van der Waals surface area contributed by atoms with Crippen molar-refractivity contribution in [3.05, 3.63) is 56.9 Å². The number of likely N-dealkylation sites (N-methyl/N-ethyl adjacent to an activating group) is 1. The summed E-state index contributed by atoms with van der Waals surface area (Å²) in [6.07, 6.45) is 1.74. The molecule has 2 aromatic carbocycles. The minimum atomic E-state index is -0.135. The van der Waals surface area contributed by atoms with Crippen molar-refractivity contribution >= 4 is 51.9 Å². The van der Waals surface area contributed by atoms with Crippen LogP contribution in [0.15, 0.2) is 35.2 Å². The number of amides is 1. The van der Waals surface area contributed by atoms with E-state index in [1.54, 1.807) is 32.4 Å². The third-order valence-corrected chi connectivity index (χ3v) is 6.23. The van der Waals surface area contributed by atoms with Gasteiger partial charge in [-0.25, -0.2) is 0 Å². The molecule has 1 fully saturated rings. The lowest BCUT2D eigenvalue weighted by Gasteiger charge is -2.15. The number of thioether (sulfide) groups is 1. The number of aryl methyl sites for hydroxylation is 2. The maximum Gasteiger partial charge on any atom is 0.265 e. The van der Waals surface area contributed by atoms with Gasteiger partial charge in [0, 0.05) is 7.05 Å². The summed E-state index contributed by atoms with van der Waals surface area (Å²) in [5.41, 5.74) is 2.93. The number of carbonyl (C=O) groups excluding carboxylic acids is 1. The Morgan fingerprint density at radius 3 is 2.53 bits per heavy atom. The van der Waals surface area contributed by atoms with Gasteiger partial charge in [0.1, 0.15) is 23.3 Å². The molecule has 5 nitrogen and oxygen atoms in total. The molecular formula is C22H22ClNO4S2. The largest absolute Gasteiger partial charge is 0.493 e. The van der Waals surface area contributed by atoms with Crippen LogP contribution in [0.1, 0.15) is 16.7 Å². The lowest BCUT2D eigenvalue weighted by Crippen LogP contribution is -2.22. The van der Waals surface area contributed by atoms with E-state index in [-0.39, 0.29) is 5.91 Å². The van der Waals surface area contributed by atoms with Crippen LogP contribution in [0.4, 0.5) is 0 Å². The second kappa shape index (κ2) is 9.73. The second-order valence-electron chi connectivity index (χ2n) is 6.74. The Hall–Kier alpha value is -2.22. The Morgan fingerprint density at radius 1 is 1.13 bits per heavy atom. The molecule has 0 saturated carbocycles. The molecule has 158 valence electrons. The van der Waals surface area contributed by atoms with Gasteiger partial charge in [-0.1, -0.05) is 47.7 Å². The van der Waals surface area contributed by atoms with E-state index in [1.165, 1.54) is 16.7 Å². The molecule has 1 saturated heterocycles. The molecule has 3 rings (SSSR count). The predicted octanol–water partition coefficient (Wildman–Crippen LogP) is 5.25. The van der Waals surface area contributed by atoms with Crippen LogP contribution in [0.2, 0.25) is 5.02 Å². The highest BCUT2D eigenvalue weighted by Crippen LogP contribution is 2.38. The highest BCUT2D eigenvalue weighted by molar-refractivity contribution is 8.26. The summed E-state index contributed by atoms with van der Waals surface area (Å²) in [6.45, 7) is 4.69. The molecule has 1 amide bonds. The van der Waals surface area contributed by atoms with Crippen molar-refractivity contribution in [1.29, 1.82) is 0 Å². The summed E-state index contributed by atoms with van der Waals surface area (Å²) in [5.74, 6) is 1.61. The molecule has 0 N–H and O–H groups in total. The summed E-state index contributed by atoms with van der Waals surface area (Å²) in [7, 11) is 3.20. The first kappa shape index (κ1) is 22.5. The van der Waals surface area contributed by atoms with Gasteiger partial charge in [-0.2, -0.15) is 0 Å². The van der Waals surface area contributed by atoms with Crippen LogP contribution in [0.3, 0.4) is 0 Å². The fourth-order valence-corrected chi connectivity index (χ4v) is 4.27. The molecule has 0 radical (unpaired) electrons. The monoisotopic (exact) mass is 463 g/mol. The number of halogens is 1. The standard InChI is InChI=1S/C22H22ClNO4S2/c1-13-5-6-14(2)17(9-13)27-7-8-28-20-16(23)10-15(11-18(20)26-4)12-19-21(25)24(3)22(29)30-19/h5-6,9-12H,7-8H2,1-4H3/b19-12-. The predicted molar refractivity (Wildman–Crippen MR) is 126 cm³/mol. The van der Waals surface area contributed by atoms with Crippen LogP contribution >= 0.6 is 35.6 Å². The molecule has 1 heterocycles. The van der Waals surface area contributed by atoms with E-state index in [2.05, 4.69) is 0 Å². The Bertz CT molecular complexity index is 1020. The third-order valence-electron chi connectivity index (χ3n) is 4.47. The van der Waals surface area contributed by atoms with Gasteiger partial charge in [-0.05, 0) is 54.8 Å². The molecular weight excluding hydrogens is 442 g/mol. The molecule has 30 heavy (non-hydrogen) atoms. The van der Waals surface area contributed by atoms with E-state index in [1.807, 2.05) is 32.0 Å². The molecule has 0 spiro atoms. The van der Waals surface area contributed by atoms with Gasteiger partial charge in [0.2, 0.25) is 0 Å². The SMILES string of the molecule is COc1cc(/C=C2\SC(=S)N(C)C2=O)cc(Cl)c1OCCOc1cc(C)ccc1C. The van der Waals surface area contributed by atoms with Crippen molar-refractivity contribution in [2.75, 3.05) is 27.4 Å². The summed E-state index contributed by atoms with van der Waals surface area (Å²) in [6, 6.07) is 9.57. The van der Waals surface area contributed by atoms with E-state index in [9.17, 15) is 4.79 Å². The van der Waals surface area contributed by atoms with Crippen LogP contribution in [-0.4, -0.2) is 42.5 Å². The summed E-state index contributed by atoms with van der Waals surface area (Å²) in [4.78, 5) is 14.2. The fourth-order valence-electron chi connectivity index (χ4n) is 2.82. The van der Waals surface area contributed by atoms with Crippen LogP contribution in [0.25, 0.3) is 6.08 Å². The van der Waals surface area contributed by atoms with Crippen LogP contribution in [0, 0.1) is 13.8 Å². The molecule has 0 bridgehead atoms. The molecule has 8 heteroatoms. The molecule has 1 aliphatic rings. The topological polar surface area (TPSA) is 48.0 Å². The quantitative estimate of drug-likeness (QED) is 0.317. The van der Waals surface area contributed by atoms with E-state index >= 15 is 0 Å². The molecule has 0 aliphatic carbocycles. The third kappa shape index (κ3) is 5.09. The highest BCUT2D eigenvalue weighted by atomic mass is 35.5. The maximum absolute atomic E-state index is 12.2. The van der Waals surface area contributed by atoms with Crippen LogP contribution in [0.5, 0.6) is 17.2 Å². The van der Waals surface area contributed by atoms with E-state index in [4.69, 9.17) is 38.0 Å². The summed E-state index contributed by atoms with van der Waals surface area (Å²) in [5, 5.41) is 0.388. The zero-order chi connectivity index (χ0) is 21.8. The van der Waals surface area contributed by atoms with Crippen LogP contribution in [-0.2, 0) is 4.79 Å². The van der Waals surface area contributed by atoms with Crippen LogP contribution < -0.4 is 14.2 Å². The number of hydrogen-bond donors (Lipinski definition) is 0. The second-order valence-corrected chi connectivity index (χ2v) is 8.82. The van der Waals surface area contributed by atoms with Crippen molar-refractivity contribution in [3.63, 3.8) is 0 Å². The number of thiocarbonyl (C=S) groups is 1. The Labute approximate surface area is 190 Å². The van der Waals surface area contributed by atoms with Crippen molar-refractivity contribution in [1.82, 2.24) is 4.90 Å². The zero-order valence-electron chi connectivity index (χ0n) is 17.2. The molecule has 1 aliphatic heterocycles. The van der Waals surface area contributed by atoms with Gasteiger partial charge >= 0.3 is 0 Å². The van der Waals surface area contributed by atoms with Crippen molar-refractivity contribution < 1.29 is 19.0 Å². The van der Waals surface area contributed by atoms with E-state index in [0.717, 1.165) is 22.4 Å². The van der Waals surface area contributed by atoms with Gasteiger partial charge in [0.25, 0.3) is 5.91 Å². The number of nitrogens with zero attached hydrogens (tertiary/aromatic N) is 1. The van der Waals surface area contributed by atoms with Gasteiger partial charge in [0.05, 0.1) is 17.0 Å². The molecule has 0 unspecified atom stereocenters. The summed E-state index contributed by atoms with van der Waals surface area (Å²) < 4.78 is 17.6. The zero-order valence-corrected chi connectivity index (χ0v) is 19.5. The minimum Gasteiger partial charge on any atom is -0.493 e. The molecule has 0 atom stereocenters. The Kier molecular flexibility index (Phi) is 7.28. The van der Waals surface area contributed by atoms with E-state index in [0.29, 0.717) is 39.0 Å². The summed E-state index contributed by atoms with van der Waals surface area (Å²) >= 11 is 12.8. The van der Waals surface area contributed by atoms with Gasteiger partial charge in [-0.3, -0.25) is 9.69 Å². The minimum absolute atomic E-state index is 0.135. The lowest BCUT2D eigenvalue weighted by molar-refractivity contribution is -0.121. The van der Waals surface area contributed by atoms with Gasteiger partial charge in [-0.15, -0.1) is 0 Å². The van der Waals surface area contributed by atoms with Crippen molar-refractivity contribution in [2.45, 2.75) is 13.8 Å². The first-order valence-electron chi connectivity index (χ1n) is 9.22. The number of carbonyl (C=O) groups is 1. The number of rotatable bonds is 7. The first-order chi connectivity index (χ1) is 14.3. The number of methoxy groups -OCH3 is 1. The van der Waals surface area contributed by atoms with E-state index < -0.39 is 0 Å². The normalized spacial score (nSPS) is 15.1. The fraction of sp³-hybridized carbons (Fsp3) is 0.273. The Morgan fingerprint density at radius 2 is 1.87 bits per heavy atom. The lowest BCUT2D eigenvalue weighted by atomic mass is 10.1. The van der Waals surface area contributed by atoms with Crippen molar-refractivity contribution in [2.24, 2.45) is 0 Å². The van der Waals surface area contributed by atoms with Gasteiger partial charge in [0.15, 0.2) is 11.5 Å². The number of benzene rings is 2. The number of hydrogen-bond acceptors (Lipinski definition) is 6. The Balaban J connectivity index is 1.69.